The molecule has 0 unspecified atom stereocenters. The first-order valence-electron chi connectivity index (χ1n) is 14.4. The molecule has 10 nitrogen and oxygen atoms in total. The van der Waals surface area contributed by atoms with Gasteiger partial charge in [0.15, 0.2) is 11.5 Å². The zero-order chi connectivity index (χ0) is 33.1. The summed E-state index contributed by atoms with van der Waals surface area (Å²) >= 11 is 12.8. The number of halogens is 2. The molecule has 45 heavy (non-hydrogen) atoms. The van der Waals surface area contributed by atoms with Crippen molar-refractivity contribution in [1.82, 2.24) is 10.2 Å². The molecule has 244 valence electrons. The van der Waals surface area contributed by atoms with Gasteiger partial charge in [0.1, 0.15) is 18.3 Å². The summed E-state index contributed by atoms with van der Waals surface area (Å²) in [5.41, 5.74) is 0.633. The molecule has 2 amide bonds. The van der Waals surface area contributed by atoms with E-state index < -0.39 is 28.5 Å². The van der Waals surface area contributed by atoms with Crippen LogP contribution in [0.1, 0.15) is 38.7 Å². The average Bonchev–Trinajstić information content (AvgIpc) is 3.03. The highest BCUT2D eigenvalue weighted by Gasteiger charge is 2.35. The second-order valence-corrected chi connectivity index (χ2v) is 12.7. The third-order valence-corrected chi connectivity index (χ3v) is 9.51. The van der Waals surface area contributed by atoms with Gasteiger partial charge in [-0.05, 0) is 54.8 Å². The molecule has 0 aliphatic rings. The molecule has 0 aliphatic carbocycles. The lowest BCUT2D eigenvalue weighted by molar-refractivity contribution is -0.140. The number of anilines is 1. The van der Waals surface area contributed by atoms with Crippen LogP contribution in [0.25, 0.3) is 0 Å². The quantitative estimate of drug-likeness (QED) is 0.186. The molecule has 0 spiro atoms. The van der Waals surface area contributed by atoms with Crippen LogP contribution in [0, 0.1) is 0 Å². The summed E-state index contributed by atoms with van der Waals surface area (Å²) in [6.07, 6.45) is 1.92. The normalized spacial score (nSPS) is 11.8. The van der Waals surface area contributed by atoms with Crippen LogP contribution in [-0.2, 0) is 26.2 Å². The van der Waals surface area contributed by atoms with E-state index >= 15 is 0 Å². The molecule has 13 heteroatoms. The molecule has 0 fully saturated rings. The van der Waals surface area contributed by atoms with Gasteiger partial charge in [-0.3, -0.25) is 13.9 Å². The SMILES string of the molecule is CCCCNC(=O)[C@@H](CC)N(Cc1ccccc1Cl)C(=O)CN(c1cc(Cl)ccc1OC)S(=O)(=O)c1ccc(OC)c(OC)c1. The Morgan fingerprint density at radius 1 is 0.889 bits per heavy atom. The number of hydrogen-bond acceptors (Lipinski definition) is 7. The van der Waals surface area contributed by atoms with Gasteiger partial charge < -0.3 is 24.4 Å². The van der Waals surface area contributed by atoms with Crippen molar-refractivity contribution < 1.29 is 32.2 Å². The number of sulfonamides is 1. The lowest BCUT2D eigenvalue weighted by Gasteiger charge is -2.33. The first-order valence-corrected chi connectivity index (χ1v) is 16.6. The predicted molar refractivity (Wildman–Crippen MR) is 176 cm³/mol. The maximum absolute atomic E-state index is 14.4. The van der Waals surface area contributed by atoms with Gasteiger partial charge in [0.05, 0.1) is 31.9 Å². The van der Waals surface area contributed by atoms with E-state index in [1.807, 2.05) is 6.92 Å². The van der Waals surface area contributed by atoms with E-state index in [-0.39, 0.29) is 46.0 Å². The number of methoxy groups -OCH3 is 3. The van der Waals surface area contributed by atoms with Gasteiger partial charge in [0.2, 0.25) is 11.8 Å². The number of nitrogens with zero attached hydrogens (tertiary/aromatic N) is 2. The minimum Gasteiger partial charge on any atom is -0.495 e. The number of unbranched alkanes of at least 4 members (excludes halogenated alkanes) is 1. The van der Waals surface area contributed by atoms with E-state index in [0.717, 1.165) is 17.1 Å². The Hall–Kier alpha value is -3.67. The second kappa shape index (κ2) is 16.6. The van der Waals surface area contributed by atoms with Crippen molar-refractivity contribution in [3.05, 3.63) is 76.3 Å². The molecule has 0 saturated carbocycles. The third-order valence-electron chi connectivity index (χ3n) is 7.15. The van der Waals surface area contributed by atoms with Crippen molar-refractivity contribution in [2.45, 2.75) is 50.6 Å². The highest BCUT2D eigenvalue weighted by atomic mass is 35.5. The number of nitrogens with one attached hydrogen (secondary N) is 1. The first-order chi connectivity index (χ1) is 21.5. The van der Waals surface area contributed by atoms with Gasteiger partial charge >= 0.3 is 0 Å². The van der Waals surface area contributed by atoms with Crippen molar-refractivity contribution in [2.24, 2.45) is 0 Å². The first kappa shape index (κ1) is 35.8. The molecular weight excluding hydrogens is 641 g/mol. The van der Waals surface area contributed by atoms with Crippen LogP contribution in [0.3, 0.4) is 0 Å². The molecule has 0 radical (unpaired) electrons. The Balaban J connectivity index is 2.16. The van der Waals surface area contributed by atoms with E-state index in [1.165, 1.54) is 56.6 Å². The summed E-state index contributed by atoms with van der Waals surface area (Å²) < 4.78 is 45.8. The minimum atomic E-state index is -4.46. The van der Waals surface area contributed by atoms with Crippen LogP contribution in [0.15, 0.2) is 65.6 Å². The van der Waals surface area contributed by atoms with E-state index in [1.54, 1.807) is 37.3 Å². The highest BCUT2D eigenvalue weighted by Crippen LogP contribution is 2.37. The smallest absolute Gasteiger partial charge is 0.265 e. The Morgan fingerprint density at radius 2 is 1.56 bits per heavy atom. The molecule has 0 aliphatic heterocycles. The van der Waals surface area contributed by atoms with E-state index in [2.05, 4.69) is 5.32 Å². The second-order valence-electron chi connectivity index (χ2n) is 10.0. The van der Waals surface area contributed by atoms with Gasteiger partial charge in [-0.1, -0.05) is 61.7 Å². The molecule has 0 heterocycles. The summed E-state index contributed by atoms with van der Waals surface area (Å²) in [5, 5.41) is 3.53. The Labute approximate surface area is 275 Å². The largest absolute Gasteiger partial charge is 0.495 e. The molecule has 3 rings (SSSR count). The molecular formula is C32H39Cl2N3O7S. The van der Waals surface area contributed by atoms with Gasteiger partial charge in [-0.25, -0.2) is 8.42 Å². The van der Waals surface area contributed by atoms with Crippen LogP contribution in [-0.4, -0.2) is 65.6 Å². The number of benzene rings is 3. The van der Waals surface area contributed by atoms with Gasteiger partial charge in [-0.2, -0.15) is 0 Å². The van der Waals surface area contributed by atoms with Crippen LogP contribution in [0.2, 0.25) is 10.0 Å². The van der Waals surface area contributed by atoms with E-state index in [9.17, 15) is 18.0 Å². The minimum absolute atomic E-state index is 0.0326. The molecule has 3 aromatic rings. The Morgan fingerprint density at radius 3 is 2.18 bits per heavy atom. The van der Waals surface area contributed by atoms with Crippen LogP contribution < -0.4 is 23.8 Å². The predicted octanol–water partition coefficient (Wildman–Crippen LogP) is 5.94. The highest BCUT2D eigenvalue weighted by molar-refractivity contribution is 7.92. The fourth-order valence-corrected chi connectivity index (χ4v) is 6.51. The molecule has 0 aromatic heterocycles. The number of rotatable bonds is 16. The van der Waals surface area contributed by atoms with Crippen molar-refractivity contribution in [3.8, 4) is 17.2 Å². The fourth-order valence-electron chi connectivity index (χ4n) is 4.71. The lowest BCUT2D eigenvalue weighted by atomic mass is 10.1. The number of hydrogen-bond donors (Lipinski definition) is 1. The summed E-state index contributed by atoms with van der Waals surface area (Å²) in [7, 11) is -0.252. The van der Waals surface area contributed by atoms with Crippen molar-refractivity contribution >= 4 is 50.7 Å². The average molecular weight is 681 g/mol. The zero-order valence-electron chi connectivity index (χ0n) is 26.0. The van der Waals surface area contributed by atoms with Crippen LogP contribution >= 0.6 is 23.2 Å². The van der Waals surface area contributed by atoms with Crippen molar-refractivity contribution in [3.63, 3.8) is 0 Å². The number of carbonyl (C=O) groups is 2. The Bertz CT molecular complexity index is 1590. The maximum atomic E-state index is 14.4. The van der Waals surface area contributed by atoms with E-state index in [0.29, 0.717) is 22.9 Å². The summed E-state index contributed by atoms with van der Waals surface area (Å²) in [4.78, 5) is 28.9. The lowest BCUT2D eigenvalue weighted by Crippen LogP contribution is -2.52. The monoisotopic (exact) mass is 679 g/mol. The molecule has 0 bridgehead atoms. The van der Waals surface area contributed by atoms with Gasteiger partial charge in [0, 0.05) is 29.2 Å². The molecule has 1 N–H and O–H groups in total. The summed E-state index contributed by atoms with van der Waals surface area (Å²) in [6.45, 7) is 3.52. The van der Waals surface area contributed by atoms with Crippen LogP contribution in [0.5, 0.6) is 17.2 Å². The molecule has 0 saturated heterocycles. The van der Waals surface area contributed by atoms with Crippen molar-refractivity contribution in [2.75, 3.05) is 38.7 Å². The standard InChI is InChI=1S/C32H39Cl2N3O7S/c1-6-8-17-35-32(39)26(7-2)36(20-22-11-9-10-12-25(22)34)31(38)21-37(27-18-23(33)13-15-28(27)42-3)45(40,41)24-14-16-29(43-4)30(19-24)44-5/h9-16,18-19,26H,6-8,17,20-21H2,1-5H3,(H,35,39)/t26-/m1/s1. The van der Waals surface area contributed by atoms with Crippen LogP contribution in [0.4, 0.5) is 5.69 Å². The van der Waals surface area contributed by atoms with Crippen molar-refractivity contribution in [1.29, 1.82) is 0 Å². The molecule has 3 aromatic carbocycles. The third kappa shape index (κ3) is 8.74. The number of carbonyl (C=O) groups excluding carboxylic acids is 2. The summed E-state index contributed by atoms with van der Waals surface area (Å²) in [5.74, 6) is -0.319. The topological polar surface area (TPSA) is 114 Å². The number of amides is 2. The molecule has 1 atom stereocenters. The Kier molecular flexibility index (Phi) is 13.2. The maximum Gasteiger partial charge on any atom is 0.265 e. The number of ether oxygens (including phenoxy) is 3. The zero-order valence-corrected chi connectivity index (χ0v) is 28.3. The van der Waals surface area contributed by atoms with Gasteiger partial charge in [0.25, 0.3) is 10.0 Å². The summed E-state index contributed by atoms with van der Waals surface area (Å²) in [6, 6.07) is 14.6. The fraction of sp³-hybridized carbons (Fsp3) is 0.375. The van der Waals surface area contributed by atoms with E-state index in [4.69, 9.17) is 37.4 Å². The van der Waals surface area contributed by atoms with Gasteiger partial charge in [-0.15, -0.1) is 0 Å².